The number of carbonyl (C=O) groups is 1. The molecule has 4 aromatic carbocycles. The van der Waals surface area contributed by atoms with Crippen LogP contribution in [0.15, 0.2) is 102 Å². The first-order valence-electron chi connectivity index (χ1n) is 17.9. The maximum Gasteiger partial charge on any atom is 0.407 e. The number of likely N-dealkylation sites (tertiary alicyclic amines) is 1. The Hall–Kier alpha value is -4.62. The Balaban J connectivity index is 1.06. The van der Waals surface area contributed by atoms with E-state index in [2.05, 4.69) is 0 Å². The van der Waals surface area contributed by atoms with Crippen molar-refractivity contribution in [1.82, 2.24) is 4.90 Å². The molecule has 1 amide bonds. The first-order chi connectivity index (χ1) is 25.7. The van der Waals surface area contributed by atoms with E-state index in [1.165, 1.54) is 4.90 Å². The molecule has 53 heavy (non-hydrogen) atoms. The zero-order valence-electron chi connectivity index (χ0n) is 30.4. The average Bonchev–Trinajstić information content (AvgIpc) is 3.17. The lowest BCUT2D eigenvalue weighted by molar-refractivity contribution is -0.0207. The van der Waals surface area contributed by atoms with E-state index < -0.39 is 16.2 Å². The lowest BCUT2D eigenvalue weighted by Crippen LogP contribution is -2.46. The van der Waals surface area contributed by atoms with Gasteiger partial charge in [0.05, 0.1) is 57.7 Å². The number of ether oxygens (including phenoxy) is 5. The number of amides is 1. The molecule has 2 atom stereocenters. The molecule has 0 radical (unpaired) electrons. The van der Waals surface area contributed by atoms with Crippen LogP contribution >= 0.6 is 0 Å². The number of para-hydroxylation sites is 2. The third-order valence-electron chi connectivity index (χ3n) is 9.07. The minimum Gasteiger partial charge on any atom is -0.496 e. The summed E-state index contributed by atoms with van der Waals surface area (Å²) in [5, 5.41) is 9.69. The van der Waals surface area contributed by atoms with Gasteiger partial charge in [-0.25, -0.2) is 4.79 Å². The van der Waals surface area contributed by atoms with Gasteiger partial charge in [0.25, 0.3) is 10.1 Å². The van der Waals surface area contributed by atoms with Crippen LogP contribution in [0.25, 0.3) is 0 Å². The molecule has 11 nitrogen and oxygen atoms in total. The predicted octanol–water partition coefficient (Wildman–Crippen LogP) is 7.26. The van der Waals surface area contributed by atoms with E-state index in [4.69, 9.17) is 27.9 Å². The third-order valence-corrected chi connectivity index (χ3v) is 10.4. The summed E-state index contributed by atoms with van der Waals surface area (Å²) < 4.78 is 59.8. The van der Waals surface area contributed by atoms with Gasteiger partial charge in [-0.2, -0.15) is 8.42 Å². The summed E-state index contributed by atoms with van der Waals surface area (Å²) in [5.74, 6) is 2.26. The summed E-state index contributed by atoms with van der Waals surface area (Å²) in [6, 6.07) is 29.9. The monoisotopic (exact) mass is 747 g/mol. The first kappa shape index (κ1) is 39.6. The van der Waals surface area contributed by atoms with Crippen molar-refractivity contribution in [1.29, 1.82) is 0 Å². The number of hydrogen-bond donors (Lipinski definition) is 1. The van der Waals surface area contributed by atoms with Crippen molar-refractivity contribution in [3.63, 3.8) is 0 Å². The maximum atomic E-state index is 12.5. The van der Waals surface area contributed by atoms with Crippen LogP contribution in [0.1, 0.15) is 47.4 Å². The van der Waals surface area contributed by atoms with E-state index >= 15 is 0 Å². The molecule has 284 valence electrons. The van der Waals surface area contributed by atoms with Crippen molar-refractivity contribution in [2.24, 2.45) is 0 Å². The van der Waals surface area contributed by atoms with E-state index in [-0.39, 0.29) is 43.3 Å². The summed E-state index contributed by atoms with van der Waals surface area (Å²) >= 11 is 0. The molecule has 4 aromatic rings. The maximum absolute atomic E-state index is 12.5. The van der Waals surface area contributed by atoms with Gasteiger partial charge >= 0.3 is 6.09 Å². The average molecular weight is 748 g/mol. The van der Waals surface area contributed by atoms with Crippen LogP contribution in [0.5, 0.6) is 17.2 Å². The number of piperidine rings is 1. The van der Waals surface area contributed by atoms with Gasteiger partial charge in [-0.1, -0.05) is 66.2 Å². The standard InChI is InChI=1S/C41H49NO10S/c1-31-14-20-36(21-15-31)53(45,46)52-26-7-11-33-9-3-6-13-39(33)50-27-28-51-40-29-42(41(43)44)23-22-37(40)32-16-18-35(19-17-32)49-25-8-24-48-30-34-10-4-5-12-38(34)47-2/h3-6,9-10,12-21,37,40H,7-8,11,22-30H2,1-2H3,(H,43,44). The van der Waals surface area contributed by atoms with Crippen LogP contribution in [0, 0.1) is 6.92 Å². The molecular formula is C41H49NO10S. The normalized spacial score (nSPS) is 15.9. The van der Waals surface area contributed by atoms with Crippen molar-refractivity contribution in [3.05, 3.63) is 119 Å². The molecule has 0 spiro atoms. The molecule has 1 saturated heterocycles. The van der Waals surface area contributed by atoms with Gasteiger partial charge in [-0.15, -0.1) is 0 Å². The highest BCUT2D eigenvalue weighted by Crippen LogP contribution is 2.32. The lowest BCUT2D eigenvalue weighted by atomic mass is 9.87. The molecule has 0 saturated carbocycles. The number of rotatable bonds is 20. The number of carboxylic acid groups (broad SMARTS) is 1. The van der Waals surface area contributed by atoms with Crippen LogP contribution in [-0.4, -0.2) is 83.9 Å². The summed E-state index contributed by atoms with van der Waals surface area (Å²) in [6.45, 7) is 4.70. The molecule has 1 fully saturated rings. The zero-order chi connectivity index (χ0) is 37.5. The minimum absolute atomic E-state index is 0.00602. The Morgan fingerprint density at radius 2 is 1.51 bits per heavy atom. The van der Waals surface area contributed by atoms with Gasteiger partial charge in [0.15, 0.2) is 0 Å². The molecule has 2 unspecified atom stereocenters. The minimum atomic E-state index is -3.82. The quantitative estimate of drug-likeness (QED) is 0.0729. The summed E-state index contributed by atoms with van der Waals surface area (Å²) in [5.41, 5.74) is 3.97. The van der Waals surface area contributed by atoms with E-state index in [9.17, 15) is 18.3 Å². The molecule has 12 heteroatoms. The van der Waals surface area contributed by atoms with Crippen LogP contribution in [-0.2, 0) is 36.8 Å². The molecule has 1 aliphatic heterocycles. The van der Waals surface area contributed by atoms with Crippen molar-refractivity contribution in [2.75, 3.05) is 53.2 Å². The van der Waals surface area contributed by atoms with Crippen LogP contribution in [0.2, 0.25) is 0 Å². The van der Waals surface area contributed by atoms with E-state index in [1.54, 1.807) is 31.4 Å². The highest BCUT2D eigenvalue weighted by atomic mass is 32.2. The van der Waals surface area contributed by atoms with E-state index in [0.29, 0.717) is 51.4 Å². The predicted molar refractivity (Wildman–Crippen MR) is 200 cm³/mol. The number of hydrogen-bond acceptors (Lipinski definition) is 9. The van der Waals surface area contributed by atoms with Crippen LogP contribution in [0.4, 0.5) is 4.79 Å². The molecule has 0 aromatic heterocycles. The molecule has 0 bridgehead atoms. The van der Waals surface area contributed by atoms with Gasteiger partial charge in [0.1, 0.15) is 23.9 Å². The van der Waals surface area contributed by atoms with Gasteiger partial charge in [-0.3, -0.25) is 4.18 Å². The van der Waals surface area contributed by atoms with E-state index in [0.717, 1.165) is 40.2 Å². The molecule has 1 aliphatic rings. The summed E-state index contributed by atoms with van der Waals surface area (Å²) in [4.78, 5) is 13.4. The van der Waals surface area contributed by atoms with Gasteiger partial charge in [0, 0.05) is 24.4 Å². The largest absolute Gasteiger partial charge is 0.496 e. The smallest absolute Gasteiger partial charge is 0.407 e. The fourth-order valence-corrected chi connectivity index (χ4v) is 7.16. The molecular weight excluding hydrogens is 699 g/mol. The second-order valence-corrected chi connectivity index (χ2v) is 14.4. The van der Waals surface area contributed by atoms with Crippen molar-refractivity contribution >= 4 is 16.2 Å². The SMILES string of the molecule is COc1ccccc1COCCCOc1ccc(C2CCN(C(=O)O)CC2OCCOc2ccccc2CCCOS(=O)(=O)c2ccc(C)cc2)cc1. The second kappa shape index (κ2) is 20.0. The van der Waals surface area contributed by atoms with Gasteiger partial charge < -0.3 is 33.7 Å². The van der Waals surface area contributed by atoms with Crippen LogP contribution < -0.4 is 14.2 Å². The summed E-state index contributed by atoms with van der Waals surface area (Å²) in [7, 11) is -2.17. The fraction of sp³-hybridized carbons (Fsp3) is 0.390. The second-order valence-electron chi connectivity index (χ2n) is 12.8. The molecule has 5 rings (SSSR count). The Labute approximate surface area is 312 Å². The highest BCUT2D eigenvalue weighted by Gasteiger charge is 2.33. The number of benzene rings is 4. The number of aryl methyl sites for hydroxylation is 2. The molecule has 1 N–H and O–H groups in total. The molecule has 1 heterocycles. The summed E-state index contributed by atoms with van der Waals surface area (Å²) in [6.07, 6.45) is 1.11. The third kappa shape index (κ3) is 11.9. The van der Waals surface area contributed by atoms with Crippen molar-refractivity contribution < 1.29 is 46.2 Å². The Kier molecular flexibility index (Phi) is 14.9. The van der Waals surface area contributed by atoms with Crippen molar-refractivity contribution in [3.8, 4) is 17.2 Å². The van der Waals surface area contributed by atoms with E-state index in [1.807, 2.05) is 79.7 Å². The Morgan fingerprint density at radius 1 is 0.792 bits per heavy atom. The fourth-order valence-electron chi connectivity index (χ4n) is 6.21. The topological polar surface area (TPSA) is 130 Å². The number of methoxy groups -OCH3 is 1. The van der Waals surface area contributed by atoms with Gasteiger partial charge in [-0.05, 0) is 73.7 Å². The number of nitrogens with zero attached hydrogens (tertiary/aromatic N) is 1. The van der Waals surface area contributed by atoms with Crippen molar-refractivity contribution in [2.45, 2.75) is 56.1 Å². The molecule has 0 aliphatic carbocycles. The van der Waals surface area contributed by atoms with Crippen LogP contribution in [0.3, 0.4) is 0 Å². The Bertz CT molecular complexity index is 1830. The highest BCUT2D eigenvalue weighted by molar-refractivity contribution is 7.86. The first-order valence-corrected chi connectivity index (χ1v) is 19.3. The Morgan fingerprint density at radius 3 is 2.25 bits per heavy atom. The van der Waals surface area contributed by atoms with Gasteiger partial charge in [0.2, 0.25) is 0 Å². The zero-order valence-corrected chi connectivity index (χ0v) is 31.2. The lowest BCUT2D eigenvalue weighted by Gasteiger charge is -2.37.